The lowest BCUT2D eigenvalue weighted by molar-refractivity contribution is 0.600. The van der Waals surface area contributed by atoms with Crippen LogP contribution in [0.15, 0.2) is 42.5 Å². The lowest BCUT2D eigenvalue weighted by Gasteiger charge is -2.20. The Kier molecular flexibility index (Phi) is 2.48. The molecular weight excluding hydrogens is 235 g/mol. The van der Waals surface area contributed by atoms with Gasteiger partial charge in [0.05, 0.1) is 0 Å². The van der Waals surface area contributed by atoms with Crippen molar-refractivity contribution in [2.45, 2.75) is 37.5 Å². The maximum atomic E-state index is 13.6. The standard InChI is InChI=1S/C18H17F/c19-14-9-8-13-10-12-4-1-2-5-15(12)16-6-3-7-17(16)18(13)11-14/h1-2,4-5,8-9,11,16-17H,3,6-7,10H2/t16-,17?/m1/s1. The Morgan fingerprint density at radius 1 is 0.842 bits per heavy atom. The van der Waals surface area contributed by atoms with E-state index in [0.29, 0.717) is 11.8 Å². The van der Waals surface area contributed by atoms with Gasteiger partial charge in [-0.15, -0.1) is 0 Å². The Bertz CT molecular complexity index is 629. The smallest absolute Gasteiger partial charge is 0.123 e. The van der Waals surface area contributed by atoms with Crippen molar-refractivity contribution < 1.29 is 4.39 Å². The fourth-order valence-corrected chi connectivity index (χ4v) is 4.04. The normalized spacial score (nSPS) is 24.3. The second-order valence-electron chi connectivity index (χ2n) is 5.86. The van der Waals surface area contributed by atoms with Gasteiger partial charge in [-0.2, -0.15) is 0 Å². The van der Waals surface area contributed by atoms with E-state index in [1.54, 1.807) is 12.1 Å². The van der Waals surface area contributed by atoms with Crippen LogP contribution >= 0.6 is 0 Å². The molecule has 2 aromatic rings. The second-order valence-corrected chi connectivity index (χ2v) is 5.86. The predicted octanol–water partition coefficient (Wildman–Crippen LogP) is 4.78. The Balaban J connectivity index is 1.94. The van der Waals surface area contributed by atoms with Gasteiger partial charge in [-0.25, -0.2) is 4.39 Å². The summed E-state index contributed by atoms with van der Waals surface area (Å²) < 4.78 is 13.6. The molecule has 1 fully saturated rings. The predicted molar refractivity (Wildman–Crippen MR) is 75.0 cm³/mol. The Morgan fingerprint density at radius 2 is 1.58 bits per heavy atom. The Morgan fingerprint density at radius 3 is 2.47 bits per heavy atom. The summed E-state index contributed by atoms with van der Waals surface area (Å²) in [6, 6.07) is 14.2. The molecule has 0 N–H and O–H groups in total. The zero-order valence-corrected chi connectivity index (χ0v) is 10.9. The fraction of sp³-hybridized carbons (Fsp3) is 0.333. The van der Waals surface area contributed by atoms with Crippen LogP contribution in [0.4, 0.5) is 4.39 Å². The fourth-order valence-electron chi connectivity index (χ4n) is 4.04. The van der Waals surface area contributed by atoms with Gasteiger partial charge in [0, 0.05) is 0 Å². The first kappa shape index (κ1) is 11.2. The van der Waals surface area contributed by atoms with E-state index in [-0.39, 0.29) is 5.82 Å². The van der Waals surface area contributed by atoms with Crippen LogP contribution in [0.1, 0.15) is 53.4 Å². The van der Waals surface area contributed by atoms with Crippen LogP contribution < -0.4 is 0 Å². The van der Waals surface area contributed by atoms with Crippen molar-refractivity contribution in [3.05, 3.63) is 70.5 Å². The Labute approximate surface area is 113 Å². The second kappa shape index (κ2) is 4.19. The summed E-state index contributed by atoms with van der Waals surface area (Å²) in [5.41, 5.74) is 5.52. The lowest BCUT2D eigenvalue weighted by Crippen LogP contribution is -2.05. The van der Waals surface area contributed by atoms with Crippen molar-refractivity contribution in [1.82, 2.24) is 0 Å². The van der Waals surface area contributed by atoms with Crippen LogP contribution in [0.2, 0.25) is 0 Å². The SMILES string of the molecule is Fc1ccc2c(c1)C1CCC[C@@H]1c1ccccc1C2. The highest BCUT2D eigenvalue weighted by Gasteiger charge is 2.34. The van der Waals surface area contributed by atoms with Gasteiger partial charge in [0.1, 0.15) is 5.82 Å². The molecule has 2 atom stereocenters. The molecule has 0 aliphatic heterocycles. The van der Waals surface area contributed by atoms with Crippen molar-refractivity contribution in [1.29, 1.82) is 0 Å². The highest BCUT2D eigenvalue weighted by Crippen LogP contribution is 2.50. The monoisotopic (exact) mass is 252 g/mol. The van der Waals surface area contributed by atoms with Gasteiger partial charge in [-0.05, 0) is 65.5 Å². The first-order chi connectivity index (χ1) is 9.33. The lowest BCUT2D eigenvalue weighted by atomic mass is 9.84. The summed E-state index contributed by atoms with van der Waals surface area (Å²) in [4.78, 5) is 0. The first-order valence-electron chi connectivity index (χ1n) is 7.19. The quantitative estimate of drug-likeness (QED) is 0.633. The molecule has 1 heteroatoms. The molecule has 1 saturated carbocycles. The average Bonchev–Trinajstić information content (AvgIpc) is 2.86. The maximum absolute atomic E-state index is 13.6. The van der Waals surface area contributed by atoms with Crippen molar-refractivity contribution >= 4 is 0 Å². The third-order valence-corrected chi connectivity index (χ3v) is 4.86. The Hall–Kier alpha value is -1.63. The van der Waals surface area contributed by atoms with Crippen LogP contribution in [0.25, 0.3) is 0 Å². The molecule has 0 bridgehead atoms. The van der Waals surface area contributed by atoms with E-state index in [2.05, 4.69) is 24.3 Å². The molecule has 0 amide bonds. The molecule has 4 rings (SSSR count). The summed E-state index contributed by atoms with van der Waals surface area (Å²) in [5.74, 6) is 1.03. The summed E-state index contributed by atoms with van der Waals surface area (Å²) in [6.45, 7) is 0. The van der Waals surface area contributed by atoms with Crippen molar-refractivity contribution in [2.24, 2.45) is 0 Å². The number of benzene rings is 2. The van der Waals surface area contributed by atoms with Crippen LogP contribution in [0.5, 0.6) is 0 Å². The maximum Gasteiger partial charge on any atom is 0.123 e. The van der Waals surface area contributed by atoms with E-state index in [0.717, 1.165) is 6.42 Å². The van der Waals surface area contributed by atoms with Gasteiger partial charge in [-0.1, -0.05) is 36.8 Å². The van der Waals surface area contributed by atoms with Gasteiger partial charge in [-0.3, -0.25) is 0 Å². The summed E-state index contributed by atoms with van der Waals surface area (Å²) in [7, 11) is 0. The minimum atomic E-state index is -0.0876. The topological polar surface area (TPSA) is 0 Å². The molecule has 0 aromatic heterocycles. The highest BCUT2D eigenvalue weighted by molar-refractivity contribution is 5.46. The third kappa shape index (κ3) is 1.72. The summed E-state index contributed by atoms with van der Waals surface area (Å²) in [5, 5.41) is 0. The number of hydrogen-bond acceptors (Lipinski definition) is 0. The van der Waals surface area contributed by atoms with Gasteiger partial charge in [0.15, 0.2) is 0 Å². The molecule has 0 radical (unpaired) electrons. The number of halogens is 1. The van der Waals surface area contributed by atoms with E-state index in [9.17, 15) is 4.39 Å². The molecular formula is C18H17F. The first-order valence-corrected chi connectivity index (χ1v) is 7.19. The number of hydrogen-bond donors (Lipinski definition) is 0. The minimum Gasteiger partial charge on any atom is -0.207 e. The van der Waals surface area contributed by atoms with Crippen LogP contribution in [0, 0.1) is 5.82 Å². The van der Waals surface area contributed by atoms with Crippen LogP contribution in [-0.2, 0) is 6.42 Å². The summed E-state index contributed by atoms with van der Waals surface area (Å²) >= 11 is 0. The van der Waals surface area contributed by atoms with Crippen LogP contribution in [0.3, 0.4) is 0 Å². The average molecular weight is 252 g/mol. The molecule has 2 aliphatic carbocycles. The van der Waals surface area contributed by atoms with E-state index in [4.69, 9.17) is 0 Å². The van der Waals surface area contributed by atoms with Crippen molar-refractivity contribution in [3.63, 3.8) is 0 Å². The van der Waals surface area contributed by atoms with Crippen molar-refractivity contribution in [2.75, 3.05) is 0 Å². The largest absolute Gasteiger partial charge is 0.207 e. The molecule has 19 heavy (non-hydrogen) atoms. The van der Waals surface area contributed by atoms with Gasteiger partial charge >= 0.3 is 0 Å². The number of rotatable bonds is 0. The van der Waals surface area contributed by atoms with E-state index >= 15 is 0 Å². The van der Waals surface area contributed by atoms with E-state index in [1.165, 1.54) is 41.5 Å². The van der Waals surface area contributed by atoms with Gasteiger partial charge in [0.2, 0.25) is 0 Å². The highest BCUT2D eigenvalue weighted by atomic mass is 19.1. The van der Waals surface area contributed by atoms with Crippen molar-refractivity contribution in [3.8, 4) is 0 Å². The van der Waals surface area contributed by atoms with Gasteiger partial charge in [0.25, 0.3) is 0 Å². The zero-order valence-electron chi connectivity index (χ0n) is 10.9. The molecule has 0 spiro atoms. The molecule has 96 valence electrons. The molecule has 2 aromatic carbocycles. The zero-order chi connectivity index (χ0) is 12.8. The minimum absolute atomic E-state index is 0.0876. The number of fused-ring (bicyclic) bond motifs is 5. The van der Waals surface area contributed by atoms with E-state index in [1.807, 2.05) is 6.07 Å². The molecule has 1 unspecified atom stereocenters. The van der Waals surface area contributed by atoms with Crippen LogP contribution in [-0.4, -0.2) is 0 Å². The summed E-state index contributed by atoms with van der Waals surface area (Å²) in [6.07, 6.45) is 4.67. The van der Waals surface area contributed by atoms with E-state index < -0.39 is 0 Å². The molecule has 0 heterocycles. The third-order valence-electron chi connectivity index (χ3n) is 4.86. The molecule has 0 nitrogen and oxygen atoms in total. The molecule has 2 aliphatic rings. The molecule has 0 saturated heterocycles. The van der Waals surface area contributed by atoms with Gasteiger partial charge < -0.3 is 0 Å².